The summed E-state index contributed by atoms with van der Waals surface area (Å²) < 4.78 is 4.64. The van der Waals surface area contributed by atoms with Crippen LogP contribution in [0.2, 0.25) is 0 Å². The summed E-state index contributed by atoms with van der Waals surface area (Å²) >= 11 is 0. The molecule has 3 nitrogen and oxygen atoms in total. The van der Waals surface area contributed by atoms with Crippen LogP contribution in [-0.2, 0) is 9.53 Å². The second-order valence-corrected chi connectivity index (χ2v) is 3.86. The molecule has 13 heavy (non-hydrogen) atoms. The van der Waals surface area contributed by atoms with E-state index in [-0.39, 0.29) is 5.97 Å². The van der Waals surface area contributed by atoms with Crippen LogP contribution in [-0.4, -0.2) is 23.3 Å². The quantitative estimate of drug-likeness (QED) is 0.547. The summed E-state index contributed by atoms with van der Waals surface area (Å²) in [7, 11) is 0. The summed E-state index contributed by atoms with van der Waals surface area (Å²) in [6.07, 6.45) is 2.05. The molecule has 0 aliphatic rings. The van der Waals surface area contributed by atoms with Crippen LogP contribution in [0, 0.1) is 0 Å². The highest BCUT2D eigenvalue weighted by Crippen LogP contribution is 1.93. The van der Waals surface area contributed by atoms with E-state index in [4.69, 9.17) is 5.11 Å². The molecule has 0 aromatic rings. The first-order valence-electron chi connectivity index (χ1n) is 4.63. The predicted octanol–water partition coefficient (Wildman–Crippen LogP) is 2.13. The molecular formula is C10H22O3. The number of unbranched alkanes of at least 4 members (excludes halogenated alkanes) is 1. The summed E-state index contributed by atoms with van der Waals surface area (Å²) in [5.74, 6) is -0.182. The van der Waals surface area contributed by atoms with Crippen molar-refractivity contribution in [3.8, 4) is 0 Å². The Hall–Kier alpha value is -0.570. The molecule has 0 aromatic heterocycles. The molecule has 0 atom stereocenters. The summed E-state index contributed by atoms with van der Waals surface area (Å²) in [6, 6.07) is 0. The van der Waals surface area contributed by atoms with E-state index in [1.807, 2.05) is 0 Å². The van der Waals surface area contributed by atoms with Gasteiger partial charge in [0.25, 0.3) is 0 Å². The molecule has 0 aromatic carbocycles. The fourth-order valence-corrected chi connectivity index (χ4v) is 0.360. The normalized spacial score (nSPS) is 10.0. The van der Waals surface area contributed by atoms with Crippen LogP contribution in [0.3, 0.4) is 0 Å². The smallest absolute Gasteiger partial charge is 0.302 e. The molecule has 0 amide bonds. The van der Waals surface area contributed by atoms with E-state index >= 15 is 0 Å². The molecular weight excluding hydrogens is 168 g/mol. The van der Waals surface area contributed by atoms with Crippen LogP contribution in [0.15, 0.2) is 0 Å². The van der Waals surface area contributed by atoms with Gasteiger partial charge in [0.2, 0.25) is 0 Å². The van der Waals surface area contributed by atoms with Gasteiger partial charge in [-0.2, -0.15) is 0 Å². The summed E-state index contributed by atoms with van der Waals surface area (Å²) in [5, 5.41) is 8.52. The van der Waals surface area contributed by atoms with E-state index in [9.17, 15) is 4.79 Å². The lowest BCUT2D eigenvalue weighted by molar-refractivity contribution is -0.141. The lowest BCUT2D eigenvalue weighted by atomic mass is 10.2. The van der Waals surface area contributed by atoms with E-state index in [1.165, 1.54) is 6.92 Å². The van der Waals surface area contributed by atoms with Gasteiger partial charge in [-0.1, -0.05) is 13.3 Å². The highest BCUT2D eigenvalue weighted by atomic mass is 16.5. The predicted molar refractivity (Wildman–Crippen MR) is 53.5 cm³/mol. The van der Waals surface area contributed by atoms with Gasteiger partial charge in [0, 0.05) is 6.92 Å². The third-order valence-corrected chi connectivity index (χ3v) is 0.803. The van der Waals surface area contributed by atoms with Crippen molar-refractivity contribution in [2.75, 3.05) is 6.61 Å². The van der Waals surface area contributed by atoms with E-state index in [0.29, 0.717) is 6.61 Å². The average molecular weight is 190 g/mol. The van der Waals surface area contributed by atoms with Crippen molar-refractivity contribution in [1.29, 1.82) is 0 Å². The zero-order chi connectivity index (χ0) is 10.9. The molecule has 0 aliphatic carbocycles. The van der Waals surface area contributed by atoms with Gasteiger partial charge >= 0.3 is 5.97 Å². The maximum Gasteiger partial charge on any atom is 0.302 e. The number of rotatable bonds is 3. The van der Waals surface area contributed by atoms with Crippen molar-refractivity contribution < 1.29 is 14.6 Å². The molecule has 0 unspecified atom stereocenters. The van der Waals surface area contributed by atoms with Crippen molar-refractivity contribution in [2.24, 2.45) is 0 Å². The standard InChI is InChI=1S/C6H12O2.C4H10O/c1-3-4-5-8-6(2)7;1-4(2,3)5/h3-5H2,1-2H3;5H,1-3H3. The van der Waals surface area contributed by atoms with E-state index in [1.54, 1.807) is 20.8 Å². The molecule has 0 spiro atoms. The molecule has 0 fully saturated rings. The Bertz CT molecular complexity index is 119. The Morgan fingerprint density at radius 2 is 1.77 bits per heavy atom. The van der Waals surface area contributed by atoms with Crippen LogP contribution in [0.4, 0.5) is 0 Å². The molecule has 0 heterocycles. The minimum absolute atomic E-state index is 0.182. The third kappa shape index (κ3) is 51.8. The van der Waals surface area contributed by atoms with E-state index in [2.05, 4.69) is 11.7 Å². The molecule has 3 heteroatoms. The highest BCUT2D eigenvalue weighted by Gasteiger charge is 1.97. The zero-order valence-corrected chi connectivity index (χ0v) is 9.39. The maximum absolute atomic E-state index is 10.1. The van der Waals surface area contributed by atoms with Gasteiger partial charge in [-0.15, -0.1) is 0 Å². The van der Waals surface area contributed by atoms with Gasteiger partial charge in [0.15, 0.2) is 0 Å². The first-order valence-corrected chi connectivity index (χ1v) is 4.63. The molecule has 0 aliphatic heterocycles. The van der Waals surface area contributed by atoms with Crippen molar-refractivity contribution in [2.45, 2.75) is 53.1 Å². The molecule has 0 rings (SSSR count). The first-order chi connectivity index (χ1) is 5.77. The molecule has 0 saturated heterocycles. The van der Waals surface area contributed by atoms with Gasteiger partial charge in [-0.25, -0.2) is 0 Å². The number of carbonyl (C=O) groups is 1. The maximum atomic E-state index is 10.1. The molecule has 0 saturated carbocycles. The van der Waals surface area contributed by atoms with Crippen LogP contribution in [0.5, 0.6) is 0 Å². The van der Waals surface area contributed by atoms with E-state index < -0.39 is 5.60 Å². The number of aliphatic hydroxyl groups is 1. The highest BCUT2D eigenvalue weighted by molar-refractivity contribution is 5.65. The minimum atomic E-state index is -0.500. The molecule has 0 radical (unpaired) electrons. The zero-order valence-electron chi connectivity index (χ0n) is 9.39. The summed E-state index contributed by atoms with van der Waals surface area (Å²) in [4.78, 5) is 10.1. The number of ether oxygens (including phenoxy) is 1. The van der Waals surface area contributed by atoms with E-state index in [0.717, 1.165) is 12.8 Å². The van der Waals surface area contributed by atoms with Gasteiger partial charge < -0.3 is 9.84 Å². The van der Waals surface area contributed by atoms with Crippen LogP contribution in [0.25, 0.3) is 0 Å². The topological polar surface area (TPSA) is 46.5 Å². The number of carbonyl (C=O) groups excluding carboxylic acids is 1. The molecule has 0 bridgehead atoms. The van der Waals surface area contributed by atoms with Crippen LogP contribution >= 0.6 is 0 Å². The third-order valence-electron chi connectivity index (χ3n) is 0.803. The summed E-state index contributed by atoms with van der Waals surface area (Å²) in [5.41, 5.74) is -0.500. The van der Waals surface area contributed by atoms with Gasteiger partial charge in [0.1, 0.15) is 0 Å². The fraction of sp³-hybridized carbons (Fsp3) is 0.900. The SMILES string of the molecule is CC(C)(C)O.CCCCOC(C)=O. The molecule has 1 N–H and O–H groups in total. The van der Waals surface area contributed by atoms with Gasteiger partial charge in [0.05, 0.1) is 12.2 Å². The lowest BCUT2D eigenvalue weighted by Crippen LogP contribution is -2.10. The Morgan fingerprint density at radius 1 is 1.38 bits per heavy atom. The van der Waals surface area contributed by atoms with Crippen molar-refractivity contribution >= 4 is 5.97 Å². The monoisotopic (exact) mass is 190 g/mol. The number of esters is 1. The van der Waals surface area contributed by atoms with Crippen LogP contribution < -0.4 is 0 Å². The largest absolute Gasteiger partial charge is 0.466 e. The average Bonchev–Trinajstić information content (AvgIpc) is 1.83. The molecule has 80 valence electrons. The second kappa shape index (κ2) is 8.05. The van der Waals surface area contributed by atoms with Crippen molar-refractivity contribution in [1.82, 2.24) is 0 Å². The summed E-state index contributed by atoms with van der Waals surface area (Å²) in [6.45, 7) is 9.29. The number of hydrogen-bond acceptors (Lipinski definition) is 3. The minimum Gasteiger partial charge on any atom is -0.466 e. The second-order valence-electron chi connectivity index (χ2n) is 3.86. The Balaban J connectivity index is 0. The fourth-order valence-electron chi connectivity index (χ4n) is 0.360. The van der Waals surface area contributed by atoms with Gasteiger partial charge in [-0.3, -0.25) is 4.79 Å². The van der Waals surface area contributed by atoms with Crippen LogP contribution in [0.1, 0.15) is 47.5 Å². The van der Waals surface area contributed by atoms with Crippen molar-refractivity contribution in [3.05, 3.63) is 0 Å². The Morgan fingerprint density at radius 3 is 2.00 bits per heavy atom. The Kier molecular flexibility index (Phi) is 9.24. The number of hydrogen-bond donors (Lipinski definition) is 1. The van der Waals surface area contributed by atoms with Crippen molar-refractivity contribution in [3.63, 3.8) is 0 Å². The van der Waals surface area contributed by atoms with Gasteiger partial charge in [-0.05, 0) is 27.2 Å². The lowest BCUT2D eigenvalue weighted by Gasteiger charge is -2.04. The Labute approximate surface area is 81.1 Å². The first kappa shape index (κ1) is 14.9.